The second kappa shape index (κ2) is 4.97. The number of benzene rings is 1. The van der Waals surface area contributed by atoms with Crippen LogP contribution in [0.5, 0.6) is 5.75 Å². The van der Waals surface area contributed by atoms with E-state index in [1.54, 1.807) is 18.2 Å². The Hall–Kier alpha value is -1.30. The molecule has 5 N–H and O–H groups in total. The average molecular weight is 230 g/mol. The molecular formula is C9H12ClN3O2. The van der Waals surface area contributed by atoms with E-state index in [9.17, 15) is 4.79 Å². The van der Waals surface area contributed by atoms with Crippen molar-refractivity contribution in [3.63, 3.8) is 0 Å². The number of nitrogens with two attached hydrogens (primary N) is 2. The van der Waals surface area contributed by atoms with Gasteiger partial charge in [0.15, 0.2) is 0 Å². The summed E-state index contributed by atoms with van der Waals surface area (Å²) >= 11 is 5.92. The molecule has 0 spiro atoms. The molecule has 0 saturated heterocycles. The van der Waals surface area contributed by atoms with Gasteiger partial charge in [-0.1, -0.05) is 17.7 Å². The van der Waals surface area contributed by atoms with Crippen LogP contribution in [0.25, 0.3) is 0 Å². The number of ether oxygens (including phenoxy) is 1. The number of rotatable bonds is 3. The molecule has 0 aromatic heterocycles. The molecule has 0 heterocycles. The number of amides is 1. The van der Waals surface area contributed by atoms with Crippen molar-refractivity contribution in [1.29, 1.82) is 0 Å². The quantitative estimate of drug-likeness (QED) is 0.396. The molecule has 0 aliphatic carbocycles. The van der Waals surface area contributed by atoms with Gasteiger partial charge >= 0.3 is 0 Å². The molecule has 0 saturated carbocycles. The highest BCUT2D eigenvalue weighted by atomic mass is 35.5. The van der Waals surface area contributed by atoms with Gasteiger partial charge in [-0.05, 0) is 17.7 Å². The Morgan fingerprint density at radius 3 is 2.73 bits per heavy atom. The molecule has 1 aromatic rings. The van der Waals surface area contributed by atoms with E-state index in [-0.39, 0.29) is 0 Å². The molecule has 1 unspecified atom stereocenters. The Kier molecular flexibility index (Phi) is 3.90. The van der Waals surface area contributed by atoms with Crippen LogP contribution in [0.4, 0.5) is 0 Å². The van der Waals surface area contributed by atoms with Crippen molar-refractivity contribution < 1.29 is 9.53 Å². The van der Waals surface area contributed by atoms with Gasteiger partial charge in [-0.3, -0.25) is 10.2 Å². The summed E-state index contributed by atoms with van der Waals surface area (Å²) in [5.41, 5.74) is 8.09. The number of halogens is 1. The first-order valence-corrected chi connectivity index (χ1v) is 4.57. The number of hydrogen-bond donors (Lipinski definition) is 3. The summed E-state index contributed by atoms with van der Waals surface area (Å²) < 4.78 is 4.97. The monoisotopic (exact) mass is 229 g/mol. The number of carbonyl (C=O) groups excluding carboxylic acids is 1. The third-order valence-corrected chi connectivity index (χ3v) is 2.29. The van der Waals surface area contributed by atoms with E-state index in [0.717, 1.165) is 0 Å². The van der Waals surface area contributed by atoms with Gasteiger partial charge < -0.3 is 10.5 Å². The average Bonchev–Trinajstić information content (AvgIpc) is 2.26. The second-order valence-electron chi connectivity index (χ2n) is 2.87. The molecular weight excluding hydrogens is 218 g/mol. The number of methoxy groups -OCH3 is 1. The fourth-order valence-electron chi connectivity index (χ4n) is 1.12. The number of carbonyl (C=O) groups is 1. The minimum atomic E-state index is -0.881. The molecule has 0 aliphatic heterocycles. The first-order chi connectivity index (χ1) is 7.10. The lowest BCUT2D eigenvalue weighted by Gasteiger charge is -2.12. The molecule has 1 aromatic carbocycles. The Balaban J connectivity index is 3.00. The van der Waals surface area contributed by atoms with Crippen molar-refractivity contribution in [2.45, 2.75) is 6.04 Å². The van der Waals surface area contributed by atoms with Crippen molar-refractivity contribution in [2.75, 3.05) is 7.11 Å². The topological polar surface area (TPSA) is 90.4 Å². The van der Waals surface area contributed by atoms with Gasteiger partial charge in [-0.15, -0.1) is 0 Å². The SMILES string of the molecule is COc1ccc(C(N)C(=O)NN)c(Cl)c1. The highest BCUT2D eigenvalue weighted by molar-refractivity contribution is 6.31. The summed E-state index contributed by atoms with van der Waals surface area (Å²) in [5.74, 6) is 5.07. The summed E-state index contributed by atoms with van der Waals surface area (Å²) in [4.78, 5) is 11.2. The van der Waals surface area contributed by atoms with Crippen LogP contribution in [-0.4, -0.2) is 13.0 Å². The second-order valence-corrected chi connectivity index (χ2v) is 3.28. The van der Waals surface area contributed by atoms with Crippen molar-refractivity contribution in [1.82, 2.24) is 5.43 Å². The van der Waals surface area contributed by atoms with Crippen molar-refractivity contribution in [3.8, 4) is 5.75 Å². The Labute approximate surface area is 92.3 Å². The Bertz CT molecular complexity index is 370. The molecule has 1 atom stereocenters. The maximum atomic E-state index is 11.2. The van der Waals surface area contributed by atoms with Crippen LogP contribution >= 0.6 is 11.6 Å². The summed E-state index contributed by atoms with van der Waals surface area (Å²) in [6.45, 7) is 0. The third-order valence-electron chi connectivity index (χ3n) is 1.97. The summed E-state index contributed by atoms with van der Waals surface area (Å²) in [5, 5.41) is 0.366. The molecule has 82 valence electrons. The largest absolute Gasteiger partial charge is 0.497 e. The predicted octanol–water partition coefficient (Wildman–Crippen LogP) is 0.338. The molecule has 0 aliphatic rings. The standard InChI is InChI=1S/C9H12ClN3O2/c1-15-5-2-3-6(7(10)4-5)8(11)9(14)13-12/h2-4,8H,11-12H2,1H3,(H,13,14). The van der Waals surface area contributed by atoms with Crippen LogP contribution in [0.2, 0.25) is 5.02 Å². The normalized spacial score (nSPS) is 12.0. The lowest BCUT2D eigenvalue weighted by Crippen LogP contribution is -2.38. The van der Waals surface area contributed by atoms with Crippen LogP contribution < -0.4 is 21.7 Å². The van der Waals surface area contributed by atoms with Crippen molar-refractivity contribution >= 4 is 17.5 Å². The Morgan fingerprint density at radius 2 is 2.27 bits per heavy atom. The highest BCUT2D eigenvalue weighted by Gasteiger charge is 2.17. The predicted molar refractivity (Wildman–Crippen MR) is 57.3 cm³/mol. The van der Waals surface area contributed by atoms with E-state index in [4.69, 9.17) is 27.9 Å². The van der Waals surface area contributed by atoms with Gasteiger partial charge in [0.1, 0.15) is 11.8 Å². The summed E-state index contributed by atoms with van der Waals surface area (Å²) in [6, 6.07) is 4.00. The van der Waals surface area contributed by atoms with Crippen LogP contribution in [0.3, 0.4) is 0 Å². The van der Waals surface area contributed by atoms with Crippen LogP contribution in [0, 0.1) is 0 Å². The Morgan fingerprint density at radius 1 is 1.60 bits per heavy atom. The highest BCUT2D eigenvalue weighted by Crippen LogP contribution is 2.26. The van der Waals surface area contributed by atoms with Crippen LogP contribution in [0.1, 0.15) is 11.6 Å². The van der Waals surface area contributed by atoms with E-state index < -0.39 is 11.9 Å². The molecule has 1 amide bonds. The molecule has 1 rings (SSSR count). The van der Waals surface area contributed by atoms with E-state index in [1.807, 2.05) is 5.43 Å². The van der Waals surface area contributed by atoms with Gasteiger partial charge in [0.25, 0.3) is 5.91 Å². The van der Waals surface area contributed by atoms with Gasteiger partial charge in [-0.2, -0.15) is 0 Å². The van der Waals surface area contributed by atoms with Gasteiger partial charge in [0.05, 0.1) is 7.11 Å². The molecule has 0 radical (unpaired) electrons. The van der Waals surface area contributed by atoms with E-state index in [2.05, 4.69) is 0 Å². The van der Waals surface area contributed by atoms with E-state index in [1.165, 1.54) is 7.11 Å². The molecule has 6 heteroatoms. The molecule has 5 nitrogen and oxygen atoms in total. The van der Waals surface area contributed by atoms with Gasteiger partial charge in [-0.25, -0.2) is 5.84 Å². The first-order valence-electron chi connectivity index (χ1n) is 4.19. The maximum Gasteiger partial charge on any atom is 0.255 e. The van der Waals surface area contributed by atoms with Gasteiger partial charge in [0, 0.05) is 5.02 Å². The molecule has 0 fully saturated rings. The molecule has 15 heavy (non-hydrogen) atoms. The summed E-state index contributed by atoms with van der Waals surface area (Å²) in [6.07, 6.45) is 0. The van der Waals surface area contributed by atoms with E-state index >= 15 is 0 Å². The molecule has 0 bridgehead atoms. The smallest absolute Gasteiger partial charge is 0.255 e. The van der Waals surface area contributed by atoms with Crippen LogP contribution in [0.15, 0.2) is 18.2 Å². The lowest BCUT2D eigenvalue weighted by molar-refractivity contribution is -0.122. The lowest BCUT2D eigenvalue weighted by atomic mass is 10.1. The van der Waals surface area contributed by atoms with E-state index in [0.29, 0.717) is 16.3 Å². The summed E-state index contributed by atoms with van der Waals surface area (Å²) in [7, 11) is 1.53. The maximum absolute atomic E-state index is 11.2. The van der Waals surface area contributed by atoms with Gasteiger partial charge in [0.2, 0.25) is 0 Å². The number of hydrazine groups is 1. The first kappa shape index (κ1) is 11.8. The van der Waals surface area contributed by atoms with Crippen LogP contribution in [-0.2, 0) is 4.79 Å². The number of hydrogen-bond acceptors (Lipinski definition) is 4. The fourth-order valence-corrected chi connectivity index (χ4v) is 1.41. The third kappa shape index (κ3) is 2.59. The zero-order valence-electron chi connectivity index (χ0n) is 8.16. The number of nitrogens with one attached hydrogen (secondary N) is 1. The zero-order chi connectivity index (χ0) is 11.4. The van der Waals surface area contributed by atoms with Crippen molar-refractivity contribution in [2.24, 2.45) is 11.6 Å². The minimum absolute atomic E-state index is 0.366. The fraction of sp³-hybridized carbons (Fsp3) is 0.222. The minimum Gasteiger partial charge on any atom is -0.497 e. The zero-order valence-corrected chi connectivity index (χ0v) is 8.91. The van der Waals surface area contributed by atoms with Crippen molar-refractivity contribution in [3.05, 3.63) is 28.8 Å².